The van der Waals surface area contributed by atoms with Gasteiger partial charge in [-0.05, 0) is 36.8 Å². The van der Waals surface area contributed by atoms with Gasteiger partial charge in [0.05, 0.1) is 6.20 Å². The van der Waals surface area contributed by atoms with Crippen LogP contribution < -0.4 is 10.6 Å². The summed E-state index contributed by atoms with van der Waals surface area (Å²) in [6.45, 7) is 2.20. The minimum atomic E-state index is 0.0339. The molecule has 0 aliphatic rings. The van der Waals surface area contributed by atoms with Gasteiger partial charge in [-0.25, -0.2) is 0 Å². The van der Waals surface area contributed by atoms with Gasteiger partial charge in [-0.1, -0.05) is 30.3 Å². The molecule has 0 amide bonds. The summed E-state index contributed by atoms with van der Waals surface area (Å²) in [6.07, 6.45) is 1.58. The number of aromatic nitrogens is 3. The standard InChI is InChI=1S/C18H17N5O/c1-13(24)15-7-9-16(10-8-15)21-18-22-17(12-20-23-18)19-11-14-5-3-2-4-6-14/h2-10,12H,11H2,1H3,(H2,19,21,22,23). The van der Waals surface area contributed by atoms with Gasteiger partial charge >= 0.3 is 0 Å². The van der Waals surface area contributed by atoms with E-state index in [1.165, 1.54) is 6.92 Å². The Morgan fingerprint density at radius 2 is 1.79 bits per heavy atom. The molecular weight excluding hydrogens is 302 g/mol. The lowest BCUT2D eigenvalue weighted by Gasteiger charge is -2.08. The van der Waals surface area contributed by atoms with Crippen LogP contribution in [0.4, 0.5) is 17.5 Å². The molecule has 0 fully saturated rings. The van der Waals surface area contributed by atoms with Gasteiger partial charge < -0.3 is 10.6 Å². The van der Waals surface area contributed by atoms with Crippen LogP contribution in [0.25, 0.3) is 0 Å². The first-order chi connectivity index (χ1) is 11.7. The average molecular weight is 319 g/mol. The van der Waals surface area contributed by atoms with Gasteiger partial charge in [-0.2, -0.15) is 10.1 Å². The number of nitrogens with zero attached hydrogens (tertiary/aromatic N) is 3. The maximum Gasteiger partial charge on any atom is 0.249 e. The lowest BCUT2D eigenvalue weighted by Crippen LogP contribution is -2.05. The zero-order valence-electron chi connectivity index (χ0n) is 13.2. The van der Waals surface area contributed by atoms with E-state index in [2.05, 4.69) is 25.8 Å². The van der Waals surface area contributed by atoms with Crippen LogP contribution in [-0.4, -0.2) is 21.0 Å². The van der Waals surface area contributed by atoms with Crippen molar-refractivity contribution in [3.8, 4) is 0 Å². The molecule has 0 radical (unpaired) electrons. The molecular formula is C18H17N5O. The highest BCUT2D eigenvalue weighted by Gasteiger charge is 2.03. The predicted octanol–water partition coefficient (Wildman–Crippen LogP) is 3.43. The molecule has 24 heavy (non-hydrogen) atoms. The minimum absolute atomic E-state index is 0.0339. The number of benzene rings is 2. The molecule has 0 unspecified atom stereocenters. The first-order valence-corrected chi connectivity index (χ1v) is 7.56. The number of rotatable bonds is 6. The quantitative estimate of drug-likeness (QED) is 0.678. The first kappa shape index (κ1) is 15.6. The monoisotopic (exact) mass is 319 g/mol. The van der Waals surface area contributed by atoms with Crippen molar-refractivity contribution in [3.63, 3.8) is 0 Å². The number of hydrogen-bond donors (Lipinski definition) is 2. The molecule has 6 heteroatoms. The Balaban J connectivity index is 1.65. The number of nitrogens with one attached hydrogen (secondary N) is 2. The Hall–Kier alpha value is -3.28. The van der Waals surface area contributed by atoms with E-state index in [1.54, 1.807) is 18.3 Å². The molecule has 0 saturated heterocycles. The SMILES string of the molecule is CC(=O)c1ccc(Nc2nncc(NCc3ccccc3)n2)cc1. The highest BCUT2D eigenvalue weighted by Crippen LogP contribution is 2.15. The third-order valence-corrected chi connectivity index (χ3v) is 3.42. The summed E-state index contributed by atoms with van der Waals surface area (Å²) in [6, 6.07) is 17.2. The zero-order valence-corrected chi connectivity index (χ0v) is 13.2. The lowest BCUT2D eigenvalue weighted by molar-refractivity contribution is 0.101. The molecule has 3 rings (SSSR count). The van der Waals surface area contributed by atoms with Crippen molar-refractivity contribution < 1.29 is 4.79 Å². The Bertz CT molecular complexity index is 818. The summed E-state index contributed by atoms with van der Waals surface area (Å²) in [5, 5.41) is 14.2. The van der Waals surface area contributed by atoms with E-state index in [9.17, 15) is 4.79 Å². The van der Waals surface area contributed by atoms with Crippen LogP contribution in [0, 0.1) is 0 Å². The van der Waals surface area contributed by atoms with Crippen molar-refractivity contribution in [2.75, 3.05) is 10.6 Å². The summed E-state index contributed by atoms with van der Waals surface area (Å²) in [7, 11) is 0. The van der Waals surface area contributed by atoms with Crippen molar-refractivity contribution in [2.24, 2.45) is 0 Å². The fourth-order valence-electron chi connectivity index (χ4n) is 2.15. The lowest BCUT2D eigenvalue weighted by atomic mass is 10.1. The fraction of sp³-hybridized carbons (Fsp3) is 0.111. The third-order valence-electron chi connectivity index (χ3n) is 3.42. The van der Waals surface area contributed by atoms with Crippen LogP contribution in [0.15, 0.2) is 60.8 Å². The van der Waals surface area contributed by atoms with Gasteiger partial charge in [-0.15, -0.1) is 5.10 Å². The van der Waals surface area contributed by atoms with E-state index >= 15 is 0 Å². The molecule has 120 valence electrons. The van der Waals surface area contributed by atoms with Gasteiger partial charge in [0.2, 0.25) is 5.95 Å². The molecule has 2 aromatic carbocycles. The molecule has 3 aromatic rings. The van der Waals surface area contributed by atoms with Gasteiger partial charge in [0.1, 0.15) is 0 Å². The Labute approximate surface area is 140 Å². The number of carbonyl (C=O) groups excluding carboxylic acids is 1. The van der Waals surface area contributed by atoms with Crippen molar-refractivity contribution in [1.29, 1.82) is 0 Å². The summed E-state index contributed by atoms with van der Waals surface area (Å²) in [5.41, 5.74) is 2.62. The van der Waals surface area contributed by atoms with Crippen molar-refractivity contribution >= 4 is 23.2 Å². The molecule has 1 aromatic heterocycles. The number of ketones is 1. The van der Waals surface area contributed by atoms with E-state index in [0.29, 0.717) is 23.9 Å². The summed E-state index contributed by atoms with van der Waals surface area (Å²) in [5.74, 6) is 1.06. The van der Waals surface area contributed by atoms with Gasteiger partial charge in [0, 0.05) is 17.8 Å². The fourth-order valence-corrected chi connectivity index (χ4v) is 2.15. The number of carbonyl (C=O) groups is 1. The summed E-state index contributed by atoms with van der Waals surface area (Å²) < 4.78 is 0. The van der Waals surface area contributed by atoms with Gasteiger partial charge in [0.15, 0.2) is 11.6 Å². The molecule has 0 saturated carbocycles. The minimum Gasteiger partial charge on any atom is -0.365 e. The normalized spacial score (nSPS) is 10.2. The topological polar surface area (TPSA) is 79.8 Å². The predicted molar refractivity (Wildman–Crippen MR) is 93.3 cm³/mol. The van der Waals surface area contributed by atoms with Crippen molar-refractivity contribution in [1.82, 2.24) is 15.2 Å². The summed E-state index contributed by atoms with van der Waals surface area (Å²) >= 11 is 0. The molecule has 0 aliphatic heterocycles. The maximum absolute atomic E-state index is 11.3. The zero-order chi connectivity index (χ0) is 16.8. The van der Waals surface area contributed by atoms with E-state index in [4.69, 9.17) is 0 Å². The Morgan fingerprint density at radius 3 is 2.50 bits per heavy atom. The van der Waals surface area contributed by atoms with E-state index in [1.807, 2.05) is 42.5 Å². The van der Waals surface area contributed by atoms with Crippen LogP contribution in [0.1, 0.15) is 22.8 Å². The smallest absolute Gasteiger partial charge is 0.249 e. The second-order valence-corrected chi connectivity index (χ2v) is 5.26. The largest absolute Gasteiger partial charge is 0.365 e. The molecule has 0 bridgehead atoms. The van der Waals surface area contributed by atoms with Gasteiger partial charge in [-0.3, -0.25) is 4.79 Å². The van der Waals surface area contributed by atoms with Crippen LogP contribution in [0.5, 0.6) is 0 Å². The highest BCUT2D eigenvalue weighted by atomic mass is 16.1. The summed E-state index contributed by atoms with van der Waals surface area (Å²) in [4.78, 5) is 15.7. The van der Waals surface area contributed by atoms with Crippen molar-refractivity contribution in [2.45, 2.75) is 13.5 Å². The van der Waals surface area contributed by atoms with E-state index in [0.717, 1.165) is 11.3 Å². The second kappa shape index (κ2) is 7.32. The Kier molecular flexibility index (Phi) is 4.76. The van der Waals surface area contributed by atoms with Crippen LogP contribution in [-0.2, 0) is 6.54 Å². The second-order valence-electron chi connectivity index (χ2n) is 5.26. The highest BCUT2D eigenvalue weighted by molar-refractivity contribution is 5.94. The van der Waals surface area contributed by atoms with Crippen LogP contribution in [0.3, 0.4) is 0 Å². The molecule has 0 atom stereocenters. The first-order valence-electron chi connectivity index (χ1n) is 7.56. The molecule has 2 N–H and O–H groups in total. The van der Waals surface area contributed by atoms with Crippen LogP contribution in [0.2, 0.25) is 0 Å². The number of Topliss-reactive ketones (excluding diaryl/α,β-unsaturated/α-hetero) is 1. The molecule has 0 spiro atoms. The van der Waals surface area contributed by atoms with E-state index < -0.39 is 0 Å². The average Bonchev–Trinajstić information content (AvgIpc) is 2.62. The maximum atomic E-state index is 11.3. The Morgan fingerprint density at radius 1 is 1.04 bits per heavy atom. The third kappa shape index (κ3) is 4.13. The molecule has 0 aliphatic carbocycles. The molecule has 6 nitrogen and oxygen atoms in total. The van der Waals surface area contributed by atoms with E-state index in [-0.39, 0.29) is 5.78 Å². The number of anilines is 3. The van der Waals surface area contributed by atoms with Crippen molar-refractivity contribution in [3.05, 3.63) is 71.9 Å². The number of hydrogen-bond acceptors (Lipinski definition) is 6. The van der Waals surface area contributed by atoms with Gasteiger partial charge in [0.25, 0.3) is 0 Å². The molecule has 1 heterocycles. The van der Waals surface area contributed by atoms with Crippen LogP contribution >= 0.6 is 0 Å².